The van der Waals surface area contributed by atoms with Gasteiger partial charge in [0.05, 0.1) is 24.7 Å². The highest BCUT2D eigenvalue weighted by Crippen LogP contribution is 2.26. The Morgan fingerprint density at radius 2 is 2.17 bits per heavy atom. The molecule has 29 heavy (non-hydrogen) atoms. The summed E-state index contributed by atoms with van der Waals surface area (Å²) in [5, 5.41) is 3.57. The van der Waals surface area contributed by atoms with Crippen LogP contribution < -0.4 is 9.64 Å². The van der Waals surface area contributed by atoms with Gasteiger partial charge in [-0.2, -0.15) is 0 Å². The Kier molecular flexibility index (Phi) is 5.64. The summed E-state index contributed by atoms with van der Waals surface area (Å²) in [6, 6.07) is 7.34. The number of anilines is 1. The fourth-order valence-corrected chi connectivity index (χ4v) is 4.17. The van der Waals surface area contributed by atoms with Crippen LogP contribution in [0.4, 0.5) is 5.13 Å². The van der Waals surface area contributed by atoms with Crippen LogP contribution in [0.3, 0.4) is 0 Å². The molecule has 7 nitrogen and oxygen atoms in total. The molecule has 0 unspecified atom stereocenters. The van der Waals surface area contributed by atoms with Gasteiger partial charge >= 0.3 is 5.97 Å². The van der Waals surface area contributed by atoms with Crippen molar-refractivity contribution in [3.8, 4) is 5.75 Å². The van der Waals surface area contributed by atoms with Gasteiger partial charge in [0.1, 0.15) is 17.5 Å². The largest absolute Gasteiger partial charge is 0.497 e. The van der Waals surface area contributed by atoms with E-state index in [1.54, 1.807) is 23.5 Å². The number of fused-ring (bicyclic) bond motifs is 1. The maximum absolute atomic E-state index is 12.2. The van der Waals surface area contributed by atoms with Crippen LogP contribution >= 0.6 is 22.9 Å². The molecule has 1 fully saturated rings. The van der Waals surface area contributed by atoms with E-state index < -0.39 is 5.97 Å². The van der Waals surface area contributed by atoms with E-state index in [1.807, 2.05) is 18.2 Å². The minimum atomic E-state index is -0.416. The summed E-state index contributed by atoms with van der Waals surface area (Å²) in [6.45, 7) is 0.698. The van der Waals surface area contributed by atoms with Crippen molar-refractivity contribution in [2.45, 2.75) is 25.9 Å². The predicted molar refractivity (Wildman–Crippen MR) is 111 cm³/mol. The summed E-state index contributed by atoms with van der Waals surface area (Å²) in [5.74, 6) is 0.351. The molecule has 1 aliphatic rings. The minimum absolute atomic E-state index is 0.0221. The standard InChI is InChI=1S/C20H18ClN3O4S/c1-27-15-5-4-12-7-13(19(21)23-16(12)9-15)10-28-18(26)8-14-11-29-20(22-14)24-6-2-3-17(24)25/h4-5,7,9,11H,2-3,6,8,10H2,1H3. The highest BCUT2D eigenvalue weighted by atomic mass is 35.5. The molecular weight excluding hydrogens is 414 g/mol. The number of aromatic nitrogens is 2. The lowest BCUT2D eigenvalue weighted by atomic mass is 10.1. The van der Waals surface area contributed by atoms with Gasteiger partial charge in [-0.3, -0.25) is 14.5 Å². The lowest BCUT2D eigenvalue weighted by Gasteiger charge is -2.10. The average molecular weight is 432 g/mol. The number of benzene rings is 1. The second-order valence-corrected chi connectivity index (χ2v) is 7.80. The number of rotatable bonds is 6. The second-order valence-electron chi connectivity index (χ2n) is 6.60. The summed E-state index contributed by atoms with van der Waals surface area (Å²) in [7, 11) is 1.59. The summed E-state index contributed by atoms with van der Waals surface area (Å²) in [5.41, 5.74) is 1.92. The van der Waals surface area contributed by atoms with E-state index in [2.05, 4.69) is 9.97 Å². The van der Waals surface area contributed by atoms with Gasteiger partial charge < -0.3 is 9.47 Å². The number of methoxy groups -OCH3 is 1. The van der Waals surface area contributed by atoms with Crippen LogP contribution in [0.25, 0.3) is 10.9 Å². The van der Waals surface area contributed by atoms with Gasteiger partial charge in [0.15, 0.2) is 5.13 Å². The van der Waals surface area contributed by atoms with Gasteiger partial charge in [0.2, 0.25) is 5.91 Å². The third kappa shape index (κ3) is 4.33. The first-order valence-corrected chi connectivity index (χ1v) is 10.3. The Hall–Kier alpha value is -2.71. The number of hydrogen-bond acceptors (Lipinski definition) is 7. The normalized spacial score (nSPS) is 13.9. The second kappa shape index (κ2) is 8.34. The molecule has 0 saturated carbocycles. The van der Waals surface area contributed by atoms with Crippen LogP contribution in [0, 0.1) is 0 Å². The predicted octanol–water partition coefficient (Wildman–Crippen LogP) is 3.77. The van der Waals surface area contributed by atoms with Crippen molar-refractivity contribution in [3.05, 3.63) is 46.1 Å². The quantitative estimate of drug-likeness (QED) is 0.436. The summed E-state index contributed by atoms with van der Waals surface area (Å²) in [6.07, 6.45) is 1.42. The zero-order valence-electron chi connectivity index (χ0n) is 15.7. The first kappa shape index (κ1) is 19.6. The lowest BCUT2D eigenvalue weighted by molar-refractivity contribution is -0.144. The van der Waals surface area contributed by atoms with E-state index in [4.69, 9.17) is 21.1 Å². The number of ether oxygens (including phenoxy) is 2. The number of thiazole rings is 1. The number of hydrogen-bond donors (Lipinski definition) is 0. The topological polar surface area (TPSA) is 81.6 Å². The highest BCUT2D eigenvalue weighted by Gasteiger charge is 2.24. The number of carbonyl (C=O) groups is 2. The van der Waals surface area contributed by atoms with Gasteiger partial charge in [-0.25, -0.2) is 9.97 Å². The number of pyridine rings is 1. The SMILES string of the molecule is COc1ccc2cc(COC(=O)Cc3csc(N4CCCC4=O)n3)c(Cl)nc2c1. The summed E-state index contributed by atoms with van der Waals surface area (Å²) in [4.78, 5) is 34.4. The van der Waals surface area contributed by atoms with E-state index in [0.29, 0.717) is 40.6 Å². The van der Waals surface area contributed by atoms with E-state index in [-0.39, 0.29) is 24.1 Å². The van der Waals surface area contributed by atoms with Crippen molar-refractivity contribution >= 4 is 50.8 Å². The lowest BCUT2D eigenvalue weighted by Crippen LogP contribution is -2.23. The number of carbonyl (C=O) groups excluding carboxylic acids is 2. The Balaban J connectivity index is 1.39. The molecule has 3 aromatic rings. The fraction of sp³-hybridized carbons (Fsp3) is 0.300. The van der Waals surface area contributed by atoms with E-state index in [0.717, 1.165) is 11.8 Å². The van der Waals surface area contributed by atoms with Crippen molar-refractivity contribution in [1.29, 1.82) is 0 Å². The molecule has 4 rings (SSSR count). The summed E-state index contributed by atoms with van der Waals surface area (Å²) < 4.78 is 10.5. The molecule has 1 aliphatic heterocycles. The van der Waals surface area contributed by atoms with Crippen molar-refractivity contribution < 1.29 is 19.1 Å². The Bertz CT molecular complexity index is 1080. The molecule has 0 aliphatic carbocycles. The van der Waals surface area contributed by atoms with Gasteiger partial charge in [-0.15, -0.1) is 11.3 Å². The van der Waals surface area contributed by atoms with E-state index >= 15 is 0 Å². The van der Waals surface area contributed by atoms with E-state index in [1.165, 1.54) is 11.3 Å². The molecule has 1 saturated heterocycles. The Morgan fingerprint density at radius 3 is 2.93 bits per heavy atom. The van der Waals surface area contributed by atoms with Crippen molar-refractivity contribution in [2.75, 3.05) is 18.6 Å². The van der Waals surface area contributed by atoms with Gasteiger partial charge in [0, 0.05) is 35.4 Å². The first-order valence-electron chi connectivity index (χ1n) is 9.07. The molecule has 0 spiro atoms. The third-order valence-corrected chi connectivity index (χ3v) is 5.85. The molecule has 1 aromatic carbocycles. The molecule has 3 heterocycles. The zero-order chi connectivity index (χ0) is 20.4. The minimum Gasteiger partial charge on any atom is -0.497 e. The first-order chi connectivity index (χ1) is 14.0. The molecule has 9 heteroatoms. The van der Waals surface area contributed by atoms with Crippen LogP contribution in [0.15, 0.2) is 29.6 Å². The van der Waals surface area contributed by atoms with Crippen LogP contribution in [0.1, 0.15) is 24.1 Å². The Morgan fingerprint density at radius 1 is 1.31 bits per heavy atom. The van der Waals surface area contributed by atoms with Crippen molar-refractivity contribution in [3.63, 3.8) is 0 Å². The molecule has 0 atom stereocenters. The van der Waals surface area contributed by atoms with Crippen molar-refractivity contribution in [2.24, 2.45) is 0 Å². The molecular formula is C20H18ClN3O4S. The van der Waals surface area contributed by atoms with Gasteiger partial charge in [-0.05, 0) is 24.6 Å². The maximum atomic E-state index is 12.2. The number of nitrogens with zero attached hydrogens (tertiary/aromatic N) is 3. The number of esters is 1. The molecule has 0 bridgehead atoms. The van der Waals surface area contributed by atoms with Crippen LogP contribution in [0.2, 0.25) is 5.15 Å². The van der Waals surface area contributed by atoms with Gasteiger partial charge in [-0.1, -0.05) is 11.6 Å². The molecule has 150 valence electrons. The number of amides is 1. The molecule has 0 N–H and O–H groups in total. The van der Waals surface area contributed by atoms with Crippen LogP contribution in [0.5, 0.6) is 5.75 Å². The fourth-order valence-electron chi connectivity index (χ4n) is 3.10. The van der Waals surface area contributed by atoms with Crippen LogP contribution in [-0.2, 0) is 27.4 Å². The maximum Gasteiger partial charge on any atom is 0.312 e. The smallest absolute Gasteiger partial charge is 0.312 e. The third-order valence-electron chi connectivity index (χ3n) is 4.61. The van der Waals surface area contributed by atoms with Crippen LogP contribution in [-0.4, -0.2) is 35.5 Å². The van der Waals surface area contributed by atoms with E-state index in [9.17, 15) is 9.59 Å². The summed E-state index contributed by atoms with van der Waals surface area (Å²) >= 11 is 7.60. The monoisotopic (exact) mass is 431 g/mol. The number of halogens is 1. The Labute approximate surface area is 176 Å². The molecule has 1 amide bonds. The average Bonchev–Trinajstić information content (AvgIpc) is 3.34. The zero-order valence-corrected chi connectivity index (χ0v) is 17.3. The van der Waals surface area contributed by atoms with Crippen molar-refractivity contribution in [1.82, 2.24) is 9.97 Å². The van der Waals surface area contributed by atoms with Gasteiger partial charge in [0.25, 0.3) is 0 Å². The highest BCUT2D eigenvalue weighted by molar-refractivity contribution is 7.14. The molecule has 0 radical (unpaired) electrons. The molecule has 2 aromatic heterocycles.